The molecule has 0 saturated heterocycles. The topological polar surface area (TPSA) is 46.0 Å². The summed E-state index contributed by atoms with van der Waals surface area (Å²) in [5.74, 6) is 0.816. The van der Waals surface area contributed by atoms with Crippen LogP contribution in [-0.2, 0) is 6.54 Å². The minimum atomic E-state index is 0.0592. The van der Waals surface area contributed by atoms with Crippen molar-refractivity contribution in [3.8, 4) is 5.69 Å². The van der Waals surface area contributed by atoms with Gasteiger partial charge in [-0.15, -0.1) is 0 Å². The van der Waals surface area contributed by atoms with Crippen molar-refractivity contribution in [1.29, 1.82) is 0 Å². The molecular weight excluding hydrogens is 394 g/mol. The van der Waals surface area contributed by atoms with Crippen LogP contribution in [0.5, 0.6) is 0 Å². The maximum atomic E-state index is 6.53. The van der Waals surface area contributed by atoms with Crippen LogP contribution in [0.25, 0.3) is 5.69 Å². The SMILES string of the molecule is Cc1cccc(N2c3ncnc(Cl)c3-n3cccc3C2CNCc2ccccc2)c1. The van der Waals surface area contributed by atoms with Gasteiger partial charge in [0.25, 0.3) is 0 Å². The molecule has 0 bridgehead atoms. The molecule has 0 radical (unpaired) electrons. The van der Waals surface area contributed by atoms with E-state index in [-0.39, 0.29) is 6.04 Å². The van der Waals surface area contributed by atoms with E-state index in [1.165, 1.54) is 17.5 Å². The first kappa shape index (κ1) is 18.9. The zero-order valence-electron chi connectivity index (χ0n) is 16.7. The number of nitrogens with one attached hydrogen (secondary N) is 1. The Bertz CT molecular complexity index is 1170. The summed E-state index contributed by atoms with van der Waals surface area (Å²) in [7, 11) is 0. The van der Waals surface area contributed by atoms with E-state index >= 15 is 0 Å². The van der Waals surface area contributed by atoms with Crippen molar-refractivity contribution in [3.05, 3.63) is 101 Å². The molecule has 0 fully saturated rings. The van der Waals surface area contributed by atoms with Crippen LogP contribution < -0.4 is 10.2 Å². The molecule has 0 aliphatic carbocycles. The molecular formula is C24H22ClN5. The van der Waals surface area contributed by atoms with Crippen molar-refractivity contribution in [2.75, 3.05) is 11.4 Å². The molecule has 1 atom stereocenters. The van der Waals surface area contributed by atoms with Gasteiger partial charge in [0.1, 0.15) is 12.0 Å². The Hall–Kier alpha value is -3.15. The van der Waals surface area contributed by atoms with Gasteiger partial charge in [-0.2, -0.15) is 0 Å². The zero-order chi connectivity index (χ0) is 20.5. The number of fused-ring (bicyclic) bond motifs is 3. The van der Waals surface area contributed by atoms with Gasteiger partial charge in [-0.3, -0.25) is 0 Å². The second-order valence-electron chi connectivity index (χ2n) is 7.48. The highest BCUT2D eigenvalue weighted by Gasteiger charge is 2.34. The summed E-state index contributed by atoms with van der Waals surface area (Å²) in [6.07, 6.45) is 3.56. The fourth-order valence-corrected chi connectivity index (χ4v) is 4.33. The molecule has 0 saturated carbocycles. The lowest BCUT2D eigenvalue weighted by atomic mass is 10.1. The van der Waals surface area contributed by atoms with Gasteiger partial charge in [0, 0.05) is 30.7 Å². The van der Waals surface area contributed by atoms with Crippen LogP contribution in [0, 0.1) is 6.92 Å². The number of nitrogens with zero attached hydrogens (tertiary/aromatic N) is 4. The van der Waals surface area contributed by atoms with E-state index in [4.69, 9.17) is 11.6 Å². The third-order valence-corrected chi connectivity index (χ3v) is 5.73. The molecule has 3 heterocycles. The van der Waals surface area contributed by atoms with Crippen LogP contribution in [0.4, 0.5) is 11.5 Å². The summed E-state index contributed by atoms with van der Waals surface area (Å²) in [6.45, 7) is 3.66. The Morgan fingerprint density at radius 2 is 1.87 bits per heavy atom. The van der Waals surface area contributed by atoms with E-state index in [1.54, 1.807) is 0 Å². The number of hydrogen-bond donors (Lipinski definition) is 1. The molecule has 1 unspecified atom stereocenters. The molecule has 6 heteroatoms. The van der Waals surface area contributed by atoms with Crippen molar-refractivity contribution in [2.45, 2.75) is 19.5 Å². The fourth-order valence-electron chi connectivity index (χ4n) is 4.11. The quantitative estimate of drug-likeness (QED) is 0.454. The lowest BCUT2D eigenvalue weighted by Crippen LogP contribution is -2.38. The van der Waals surface area contributed by atoms with Crippen molar-refractivity contribution < 1.29 is 0 Å². The van der Waals surface area contributed by atoms with Crippen molar-refractivity contribution in [2.24, 2.45) is 0 Å². The van der Waals surface area contributed by atoms with E-state index < -0.39 is 0 Å². The average molecular weight is 416 g/mol. The van der Waals surface area contributed by atoms with Gasteiger partial charge >= 0.3 is 0 Å². The second kappa shape index (κ2) is 7.94. The van der Waals surface area contributed by atoms with E-state index in [0.717, 1.165) is 36.0 Å². The number of anilines is 2. The zero-order valence-corrected chi connectivity index (χ0v) is 17.4. The summed E-state index contributed by atoms with van der Waals surface area (Å²) < 4.78 is 2.11. The van der Waals surface area contributed by atoms with Crippen LogP contribution in [0.15, 0.2) is 79.3 Å². The summed E-state index contributed by atoms with van der Waals surface area (Å²) in [5.41, 5.74) is 5.52. The first-order chi connectivity index (χ1) is 14.7. The number of aryl methyl sites for hydroxylation is 1. The summed E-state index contributed by atoms with van der Waals surface area (Å²) >= 11 is 6.53. The van der Waals surface area contributed by atoms with Crippen molar-refractivity contribution in [3.63, 3.8) is 0 Å². The maximum Gasteiger partial charge on any atom is 0.163 e. The molecule has 0 amide bonds. The Morgan fingerprint density at radius 3 is 2.70 bits per heavy atom. The number of benzene rings is 2. The minimum Gasteiger partial charge on any atom is -0.314 e. The first-order valence-corrected chi connectivity index (χ1v) is 10.4. The normalized spacial score (nSPS) is 15.0. The van der Waals surface area contributed by atoms with Gasteiger partial charge in [-0.1, -0.05) is 54.1 Å². The van der Waals surface area contributed by atoms with Gasteiger partial charge in [0.15, 0.2) is 11.0 Å². The molecule has 1 aliphatic rings. The van der Waals surface area contributed by atoms with Crippen LogP contribution in [0.3, 0.4) is 0 Å². The Morgan fingerprint density at radius 1 is 1.00 bits per heavy atom. The van der Waals surface area contributed by atoms with Gasteiger partial charge in [0.05, 0.1) is 6.04 Å². The first-order valence-electron chi connectivity index (χ1n) is 10.0. The smallest absolute Gasteiger partial charge is 0.163 e. The molecule has 5 nitrogen and oxygen atoms in total. The molecule has 1 N–H and O–H groups in total. The van der Waals surface area contributed by atoms with Crippen LogP contribution in [0.2, 0.25) is 5.15 Å². The number of rotatable bonds is 5. The van der Waals surface area contributed by atoms with E-state index in [1.807, 2.05) is 18.3 Å². The second-order valence-corrected chi connectivity index (χ2v) is 7.84. The maximum absolute atomic E-state index is 6.53. The number of halogens is 1. The van der Waals surface area contributed by atoms with Crippen molar-refractivity contribution in [1.82, 2.24) is 19.9 Å². The lowest BCUT2D eigenvalue weighted by molar-refractivity contribution is 0.554. The summed E-state index contributed by atoms with van der Waals surface area (Å²) in [5, 5.41) is 4.08. The van der Waals surface area contributed by atoms with Gasteiger partial charge in [-0.05, 0) is 42.3 Å². The fraction of sp³-hybridized carbons (Fsp3) is 0.167. The molecule has 5 rings (SSSR count). The van der Waals surface area contributed by atoms with E-state index in [9.17, 15) is 0 Å². The van der Waals surface area contributed by atoms with E-state index in [0.29, 0.717) is 5.15 Å². The predicted molar refractivity (Wildman–Crippen MR) is 121 cm³/mol. The third kappa shape index (κ3) is 3.36. The Kier molecular flexibility index (Phi) is 4.99. The highest BCUT2D eigenvalue weighted by atomic mass is 35.5. The van der Waals surface area contributed by atoms with Gasteiger partial charge < -0.3 is 14.8 Å². The molecule has 2 aromatic carbocycles. The molecule has 30 heavy (non-hydrogen) atoms. The highest BCUT2D eigenvalue weighted by molar-refractivity contribution is 6.31. The molecule has 0 spiro atoms. The molecule has 150 valence electrons. The molecule has 1 aliphatic heterocycles. The summed E-state index contributed by atoms with van der Waals surface area (Å²) in [6, 6.07) is 23.2. The predicted octanol–water partition coefficient (Wildman–Crippen LogP) is 5.21. The third-order valence-electron chi connectivity index (χ3n) is 5.45. The Labute approximate surface area is 181 Å². The van der Waals surface area contributed by atoms with Gasteiger partial charge in [0.2, 0.25) is 0 Å². The van der Waals surface area contributed by atoms with Crippen LogP contribution >= 0.6 is 11.6 Å². The van der Waals surface area contributed by atoms with Crippen LogP contribution in [0.1, 0.15) is 22.9 Å². The minimum absolute atomic E-state index is 0.0592. The average Bonchev–Trinajstić information content (AvgIpc) is 3.24. The van der Waals surface area contributed by atoms with Crippen molar-refractivity contribution >= 4 is 23.1 Å². The standard InChI is InChI=1S/C24H22ClN5/c1-17-7-5-10-19(13-17)30-21(15-26-14-18-8-3-2-4-9-18)20-11-6-12-29(20)22-23(25)27-16-28-24(22)30/h2-13,16,21,26H,14-15H2,1H3. The highest BCUT2D eigenvalue weighted by Crippen LogP contribution is 2.44. The number of aromatic nitrogens is 3. The molecule has 2 aromatic heterocycles. The summed E-state index contributed by atoms with van der Waals surface area (Å²) in [4.78, 5) is 11.1. The number of hydrogen-bond acceptors (Lipinski definition) is 4. The Balaban J connectivity index is 1.56. The van der Waals surface area contributed by atoms with Crippen LogP contribution in [-0.4, -0.2) is 21.1 Å². The van der Waals surface area contributed by atoms with E-state index in [2.05, 4.69) is 86.3 Å². The monoisotopic (exact) mass is 415 g/mol. The molecule has 4 aromatic rings. The largest absolute Gasteiger partial charge is 0.314 e. The van der Waals surface area contributed by atoms with Gasteiger partial charge in [-0.25, -0.2) is 9.97 Å². The lowest BCUT2D eigenvalue weighted by Gasteiger charge is -2.39.